The highest BCUT2D eigenvalue weighted by atomic mass is 32.1. The molecule has 0 bridgehead atoms. The van der Waals surface area contributed by atoms with Crippen LogP contribution in [0.15, 0.2) is 60.0 Å². The molecule has 1 aliphatic rings. The van der Waals surface area contributed by atoms with E-state index in [0.717, 1.165) is 17.5 Å². The molecule has 1 heterocycles. The van der Waals surface area contributed by atoms with E-state index in [1.54, 1.807) is 11.3 Å². The Morgan fingerprint density at radius 1 is 1.16 bits per heavy atom. The third-order valence-corrected chi connectivity index (χ3v) is 6.23. The molecule has 2 aromatic rings. The van der Waals surface area contributed by atoms with Crippen LogP contribution in [0.2, 0.25) is 0 Å². The van der Waals surface area contributed by atoms with Gasteiger partial charge in [-0.2, -0.15) is 0 Å². The monoisotopic (exact) mass is 438 g/mol. The third kappa shape index (κ3) is 6.65. The van der Waals surface area contributed by atoms with Crippen LogP contribution in [0, 0.1) is 0 Å². The summed E-state index contributed by atoms with van der Waals surface area (Å²) in [7, 11) is 0. The van der Waals surface area contributed by atoms with E-state index in [0.29, 0.717) is 12.3 Å². The van der Waals surface area contributed by atoms with E-state index >= 15 is 0 Å². The number of benzene rings is 1. The van der Waals surface area contributed by atoms with Crippen molar-refractivity contribution in [3.63, 3.8) is 0 Å². The minimum absolute atomic E-state index is 0.0131. The average Bonchev–Trinajstić information content (AvgIpc) is 3.26. The number of hydrogen-bond donors (Lipinski definition) is 3. The van der Waals surface area contributed by atoms with Crippen LogP contribution < -0.4 is 11.1 Å². The Hall–Kier alpha value is -3.19. The summed E-state index contributed by atoms with van der Waals surface area (Å²) in [6.45, 7) is 0. The molecular formula is C24H26N2O4S. The lowest BCUT2D eigenvalue weighted by molar-refractivity contribution is -0.137. The van der Waals surface area contributed by atoms with Gasteiger partial charge in [-0.05, 0) is 47.4 Å². The molecule has 1 aromatic heterocycles. The molecule has 1 aromatic carbocycles. The zero-order valence-electron chi connectivity index (χ0n) is 17.1. The van der Waals surface area contributed by atoms with Gasteiger partial charge in [0.25, 0.3) is 0 Å². The quantitative estimate of drug-likeness (QED) is 0.524. The SMILES string of the molecule is NC(=O)C(CCC(=O)O)NC(=O)CCc1ccc(-c2cc(C3C=CC=CC3)cs2)cc1. The minimum atomic E-state index is -1.04. The summed E-state index contributed by atoms with van der Waals surface area (Å²) in [5.41, 5.74) is 8.73. The highest BCUT2D eigenvalue weighted by Crippen LogP contribution is 2.33. The maximum absolute atomic E-state index is 12.1. The summed E-state index contributed by atoms with van der Waals surface area (Å²) < 4.78 is 0. The largest absolute Gasteiger partial charge is 0.481 e. The van der Waals surface area contributed by atoms with Crippen molar-refractivity contribution in [1.29, 1.82) is 0 Å². The Balaban J connectivity index is 1.52. The van der Waals surface area contributed by atoms with Gasteiger partial charge in [0.15, 0.2) is 0 Å². The maximum atomic E-state index is 12.1. The number of allylic oxidation sites excluding steroid dienone is 4. The van der Waals surface area contributed by atoms with E-state index in [-0.39, 0.29) is 25.2 Å². The van der Waals surface area contributed by atoms with Gasteiger partial charge in [-0.15, -0.1) is 11.3 Å². The molecular weight excluding hydrogens is 412 g/mol. The van der Waals surface area contributed by atoms with Crippen LogP contribution in [-0.4, -0.2) is 28.9 Å². The van der Waals surface area contributed by atoms with Gasteiger partial charge in [0.1, 0.15) is 6.04 Å². The number of aliphatic carboxylic acids is 1. The van der Waals surface area contributed by atoms with Crippen molar-refractivity contribution in [2.24, 2.45) is 5.73 Å². The van der Waals surface area contributed by atoms with E-state index in [9.17, 15) is 14.4 Å². The molecule has 0 saturated carbocycles. The summed E-state index contributed by atoms with van der Waals surface area (Å²) in [4.78, 5) is 35.4. The number of carbonyl (C=O) groups is 3. The summed E-state index contributed by atoms with van der Waals surface area (Å²) in [5.74, 6) is -1.65. The first-order valence-corrected chi connectivity index (χ1v) is 11.1. The molecule has 31 heavy (non-hydrogen) atoms. The molecule has 3 rings (SSSR count). The molecule has 2 atom stereocenters. The number of carboxylic acids is 1. The molecule has 1 aliphatic carbocycles. The van der Waals surface area contributed by atoms with E-state index in [4.69, 9.17) is 10.8 Å². The number of hydrogen-bond acceptors (Lipinski definition) is 4. The maximum Gasteiger partial charge on any atom is 0.303 e. The number of rotatable bonds is 10. The summed E-state index contributed by atoms with van der Waals surface area (Å²) in [5, 5.41) is 13.5. The smallest absolute Gasteiger partial charge is 0.303 e. The van der Waals surface area contributed by atoms with Crippen molar-refractivity contribution >= 4 is 29.1 Å². The standard InChI is InChI=1S/C24H26N2O4S/c25-24(30)20(11-13-23(28)29)26-22(27)12-8-16-6-9-18(10-7-16)21-14-19(15-31-21)17-4-2-1-3-5-17/h1-4,6-7,9-10,14-15,17,20H,5,8,11-13H2,(H2,25,30)(H,26,27)(H,28,29). The van der Waals surface area contributed by atoms with Crippen molar-refractivity contribution < 1.29 is 19.5 Å². The average molecular weight is 439 g/mol. The second kappa shape index (κ2) is 10.7. The van der Waals surface area contributed by atoms with Crippen molar-refractivity contribution in [3.8, 4) is 10.4 Å². The fourth-order valence-electron chi connectivity index (χ4n) is 3.44. The van der Waals surface area contributed by atoms with Crippen LogP contribution in [-0.2, 0) is 20.8 Å². The van der Waals surface area contributed by atoms with Crippen LogP contribution in [0.4, 0.5) is 0 Å². The van der Waals surface area contributed by atoms with Crippen LogP contribution in [0.25, 0.3) is 10.4 Å². The first-order chi connectivity index (χ1) is 14.9. The predicted octanol–water partition coefficient (Wildman–Crippen LogP) is 3.78. The number of primary amides is 1. The molecule has 0 radical (unpaired) electrons. The number of carboxylic acid groups (broad SMARTS) is 1. The topological polar surface area (TPSA) is 109 Å². The summed E-state index contributed by atoms with van der Waals surface area (Å²) >= 11 is 1.73. The fraction of sp³-hybridized carbons (Fsp3) is 0.292. The lowest BCUT2D eigenvalue weighted by Crippen LogP contribution is -2.44. The molecule has 7 heteroatoms. The van der Waals surface area contributed by atoms with E-state index in [1.165, 1.54) is 10.4 Å². The molecule has 0 saturated heterocycles. The molecule has 2 unspecified atom stereocenters. The molecule has 6 nitrogen and oxygen atoms in total. The molecule has 2 amide bonds. The molecule has 162 valence electrons. The van der Waals surface area contributed by atoms with Gasteiger partial charge >= 0.3 is 5.97 Å². The second-order valence-corrected chi connectivity index (χ2v) is 8.46. The number of carbonyl (C=O) groups excluding carboxylic acids is 2. The van der Waals surface area contributed by atoms with E-state index < -0.39 is 17.9 Å². The number of thiophene rings is 1. The minimum Gasteiger partial charge on any atom is -0.481 e. The number of amides is 2. The summed E-state index contributed by atoms with van der Waals surface area (Å²) in [6.07, 6.45) is 10.1. The fourth-order valence-corrected chi connectivity index (χ4v) is 4.42. The van der Waals surface area contributed by atoms with Crippen LogP contribution in [0.3, 0.4) is 0 Å². The summed E-state index contributed by atoms with van der Waals surface area (Å²) in [6, 6.07) is 9.38. The first-order valence-electron chi connectivity index (χ1n) is 10.2. The van der Waals surface area contributed by atoms with Crippen molar-refractivity contribution in [3.05, 3.63) is 71.1 Å². The van der Waals surface area contributed by atoms with Crippen LogP contribution in [0.1, 0.15) is 42.7 Å². The lowest BCUT2D eigenvalue weighted by Gasteiger charge is -2.14. The van der Waals surface area contributed by atoms with Gasteiger partial charge in [0, 0.05) is 23.6 Å². The Kier molecular flexibility index (Phi) is 7.78. The van der Waals surface area contributed by atoms with Crippen molar-refractivity contribution in [1.82, 2.24) is 5.32 Å². The molecule has 4 N–H and O–H groups in total. The predicted molar refractivity (Wildman–Crippen MR) is 122 cm³/mol. The molecule has 0 fully saturated rings. The highest BCUT2D eigenvalue weighted by molar-refractivity contribution is 7.13. The van der Waals surface area contributed by atoms with Crippen molar-refractivity contribution in [2.45, 2.75) is 44.1 Å². The van der Waals surface area contributed by atoms with Crippen LogP contribution >= 0.6 is 11.3 Å². The Labute approximate surface area is 185 Å². The molecule has 0 aliphatic heterocycles. The third-order valence-electron chi connectivity index (χ3n) is 5.23. The van der Waals surface area contributed by atoms with Gasteiger partial charge in [-0.1, -0.05) is 48.6 Å². The van der Waals surface area contributed by atoms with E-state index in [2.05, 4.69) is 53.2 Å². The molecule has 0 spiro atoms. The van der Waals surface area contributed by atoms with E-state index in [1.807, 2.05) is 12.1 Å². The zero-order valence-corrected chi connectivity index (χ0v) is 17.9. The Morgan fingerprint density at radius 2 is 1.94 bits per heavy atom. The zero-order chi connectivity index (χ0) is 22.2. The first kappa shape index (κ1) is 22.5. The normalized spacial score (nSPS) is 16.1. The highest BCUT2D eigenvalue weighted by Gasteiger charge is 2.19. The van der Waals surface area contributed by atoms with Crippen LogP contribution in [0.5, 0.6) is 0 Å². The number of aryl methyl sites for hydroxylation is 1. The van der Waals surface area contributed by atoms with Gasteiger partial charge in [-0.25, -0.2) is 0 Å². The Morgan fingerprint density at radius 3 is 2.58 bits per heavy atom. The lowest BCUT2D eigenvalue weighted by atomic mass is 9.94. The Bertz CT molecular complexity index is 991. The van der Waals surface area contributed by atoms with Gasteiger partial charge in [0.05, 0.1) is 0 Å². The van der Waals surface area contributed by atoms with Gasteiger partial charge in [-0.3, -0.25) is 14.4 Å². The van der Waals surface area contributed by atoms with Gasteiger partial charge < -0.3 is 16.2 Å². The van der Waals surface area contributed by atoms with Gasteiger partial charge in [0.2, 0.25) is 11.8 Å². The van der Waals surface area contributed by atoms with Crippen molar-refractivity contribution in [2.75, 3.05) is 0 Å². The number of nitrogens with one attached hydrogen (secondary N) is 1. The number of nitrogens with two attached hydrogens (primary N) is 1. The second-order valence-electron chi connectivity index (χ2n) is 7.55.